The first-order valence-electron chi connectivity index (χ1n) is 4.61. The molecule has 0 spiro atoms. The van der Waals surface area contributed by atoms with Gasteiger partial charge >= 0.3 is 0 Å². The second-order valence-corrected chi connectivity index (χ2v) is 3.69. The first-order chi connectivity index (χ1) is 5.54. The molecule has 12 heavy (non-hydrogen) atoms. The Balaban J connectivity index is 3.58. The predicted molar refractivity (Wildman–Crippen MR) is 52.1 cm³/mol. The van der Waals surface area contributed by atoms with Crippen molar-refractivity contribution in [3.63, 3.8) is 0 Å². The largest absolute Gasteiger partial charge is 0.389 e. The van der Waals surface area contributed by atoms with Crippen LogP contribution >= 0.6 is 0 Å². The highest BCUT2D eigenvalue weighted by molar-refractivity contribution is 4.77. The summed E-state index contributed by atoms with van der Waals surface area (Å²) in [5.41, 5.74) is 4.84. The summed E-state index contributed by atoms with van der Waals surface area (Å²) >= 11 is 0. The molecule has 0 radical (unpaired) electrons. The average molecular weight is 174 g/mol. The average Bonchev–Trinajstić information content (AvgIpc) is 2.03. The molecule has 1 unspecified atom stereocenters. The molecule has 1 atom stereocenters. The molecule has 74 valence electrons. The molecule has 3 nitrogen and oxygen atoms in total. The molecule has 0 aliphatic rings. The highest BCUT2D eigenvalue weighted by Crippen LogP contribution is 2.15. The summed E-state index contributed by atoms with van der Waals surface area (Å²) in [7, 11) is 4.07. The second-order valence-electron chi connectivity index (χ2n) is 3.69. The zero-order valence-electron chi connectivity index (χ0n) is 8.51. The van der Waals surface area contributed by atoms with Crippen molar-refractivity contribution in [1.82, 2.24) is 4.90 Å². The van der Waals surface area contributed by atoms with Crippen LogP contribution in [0.1, 0.15) is 26.2 Å². The standard InChI is InChI=1S/C9H22N2O/c1-4-9(12,8-10)6-5-7-11(2)3/h12H,4-8,10H2,1-3H3. The number of aliphatic hydroxyl groups is 1. The third-order valence-corrected chi connectivity index (χ3v) is 2.29. The van der Waals surface area contributed by atoms with Crippen LogP contribution < -0.4 is 5.73 Å². The zero-order valence-corrected chi connectivity index (χ0v) is 8.51. The summed E-state index contributed by atoms with van der Waals surface area (Å²) in [5, 5.41) is 9.80. The van der Waals surface area contributed by atoms with E-state index in [1.165, 1.54) is 0 Å². The molecule has 3 heteroatoms. The molecule has 0 amide bonds. The Labute approximate surface area is 75.6 Å². The molecule has 0 fully saturated rings. The number of nitrogens with two attached hydrogens (primary N) is 1. The van der Waals surface area contributed by atoms with E-state index in [9.17, 15) is 5.11 Å². The van der Waals surface area contributed by atoms with Crippen molar-refractivity contribution in [2.45, 2.75) is 31.8 Å². The maximum absolute atomic E-state index is 9.80. The summed E-state index contributed by atoms with van der Waals surface area (Å²) in [6.45, 7) is 3.36. The lowest BCUT2D eigenvalue weighted by Crippen LogP contribution is -2.37. The van der Waals surface area contributed by atoms with Gasteiger partial charge in [0.25, 0.3) is 0 Å². The maximum atomic E-state index is 9.80. The number of nitrogens with zero attached hydrogens (tertiary/aromatic N) is 1. The minimum Gasteiger partial charge on any atom is -0.389 e. The van der Waals surface area contributed by atoms with E-state index in [-0.39, 0.29) is 0 Å². The fourth-order valence-corrected chi connectivity index (χ4v) is 1.15. The van der Waals surface area contributed by atoms with Gasteiger partial charge in [-0.2, -0.15) is 0 Å². The minimum absolute atomic E-state index is 0.372. The molecule has 0 rings (SSSR count). The van der Waals surface area contributed by atoms with Crippen LogP contribution in [-0.4, -0.2) is 42.8 Å². The Morgan fingerprint density at radius 3 is 2.33 bits per heavy atom. The third kappa shape index (κ3) is 4.70. The summed E-state index contributed by atoms with van der Waals surface area (Å²) < 4.78 is 0. The van der Waals surface area contributed by atoms with E-state index in [0.29, 0.717) is 6.54 Å². The molecule has 0 aliphatic heterocycles. The van der Waals surface area contributed by atoms with Crippen LogP contribution in [0.3, 0.4) is 0 Å². The predicted octanol–water partition coefficient (Wildman–Crippen LogP) is 0.428. The smallest absolute Gasteiger partial charge is 0.0767 e. The van der Waals surface area contributed by atoms with Crippen molar-refractivity contribution >= 4 is 0 Å². The molecule has 0 aromatic heterocycles. The van der Waals surface area contributed by atoms with Gasteiger partial charge in [-0.1, -0.05) is 6.92 Å². The second kappa shape index (κ2) is 5.51. The summed E-state index contributed by atoms with van der Waals surface area (Å²) in [6.07, 6.45) is 2.56. The van der Waals surface area contributed by atoms with Gasteiger partial charge in [0.05, 0.1) is 5.60 Å². The van der Waals surface area contributed by atoms with Gasteiger partial charge in [0.1, 0.15) is 0 Å². The molecule has 3 N–H and O–H groups in total. The Kier molecular flexibility index (Phi) is 5.46. The van der Waals surface area contributed by atoms with E-state index in [1.54, 1.807) is 0 Å². The zero-order chi connectivity index (χ0) is 9.61. The van der Waals surface area contributed by atoms with Crippen LogP contribution in [0.4, 0.5) is 0 Å². The van der Waals surface area contributed by atoms with Gasteiger partial charge in [-0.05, 0) is 39.9 Å². The van der Waals surface area contributed by atoms with Crippen molar-refractivity contribution in [3.05, 3.63) is 0 Å². The van der Waals surface area contributed by atoms with Gasteiger partial charge in [-0.15, -0.1) is 0 Å². The van der Waals surface area contributed by atoms with Crippen LogP contribution in [0.15, 0.2) is 0 Å². The first-order valence-corrected chi connectivity index (χ1v) is 4.61. The van der Waals surface area contributed by atoms with Gasteiger partial charge in [0, 0.05) is 6.54 Å². The van der Waals surface area contributed by atoms with E-state index >= 15 is 0 Å². The van der Waals surface area contributed by atoms with Crippen LogP contribution in [0.25, 0.3) is 0 Å². The Hall–Kier alpha value is -0.120. The van der Waals surface area contributed by atoms with Gasteiger partial charge in [-0.3, -0.25) is 0 Å². The molecule has 0 aromatic carbocycles. The molecular formula is C9H22N2O. The van der Waals surface area contributed by atoms with Crippen molar-refractivity contribution in [3.8, 4) is 0 Å². The highest BCUT2D eigenvalue weighted by atomic mass is 16.3. The molecule has 0 saturated carbocycles. The van der Waals surface area contributed by atoms with Crippen molar-refractivity contribution in [2.75, 3.05) is 27.2 Å². The van der Waals surface area contributed by atoms with Crippen LogP contribution in [0, 0.1) is 0 Å². The number of hydrogen-bond donors (Lipinski definition) is 2. The highest BCUT2D eigenvalue weighted by Gasteiger charge is 2.21. The van der Waals surface area contributed by atoms with Gasteiger partial charge < -0.3 is 15.7 Å². The number of rotatable bonds is 6. The lowest BCUT2D eigenvalue weighted by Gasteiger charge is -2.25. The number of hydrogen-bond acceptors (Lipinski definition) is 3. The fraction of sp³-hybridized carbons (Fsp3) is 1.00. The monoisotopic (exact) mass is 174 g/mol. The van der Waals surface area contributed by atoms with Crippen LogP contribution in [-0.2, 0) is 0 Å². The normalized spacial score (nSPS) is 16.5. The minimum atomic E-state index is -0.629. The van der Waals surface area contributed by atoms with E-state index in [0.717, 1.165) is 25.8 Å². The van der Waals surface area contributed by atoms with Crippen LogP contribution in [0.5, 0.6) is 0 Å². The van der Waals surface area contributed by atoms with E-state index < -0.39 is 5.60 Å². The Morgan fingerprint density at radius 2 is 2.00 bits per heavy atom. The van der Waals surface area contributed by atoms with Crippen molar-refractivity contribution < 1.29 is 5.11 Å². The SMILES string of the molecule is CCC(O)(CN)CCCN(C)C. The Bertz CT molecular complexity index is 111. The molecule has 0 aromatic rings. The lowest BCUT2D eigenvalue weighted by atomic mass is 9.95. The summed E-state index contributed by atoms with van der Waals surface area (Å²) in [5.74, 6) is 0. The lowest BCUT2D eigenvalue weighted by molar-refractivity contribution is 0.0328. The fourth-order valence-electron chi connectivity index (χ4n) is 1.15. The third-order valence-electron chi connectivity index (χ3n) is 2.29. The maximum Gasteiger partial charge on any atom is 0.0767 e. The molecule has 0 aliphatic carbocycles. The van der Waals surface area contributed by atoms with Crippen molar-refractivity contribution in [2.24, 2.45) is 5.73 Å². The summed E-state index contributed by atoms with van der Waals surface area (Å²) in [4.78, 5) is 2.12. The quantitative estimate of drug-likeness (QED) is 0.614. The van der Waals surface area contributed by atoms with E-state index in [2.05, 4.69) is 4.90 Å². The molecule has 0 bridgehead atoms. The topological polar surface area (TPSA) is 49.5 Å². The molecule has 0 saturated heterocycles. The summed E-state index contributed by atoms with van der Waals surface area (Å²) in [6, 6.07) is 0. The molecule has 0 heterocycles. The van der Waals surface area contributed by atoms with E-state index in [4.69, 9.17) is 5.73 Å². The first kappa shape index (κ1) is 11.9. The van der Waals surface area contributed by atoms with Gasteiger partial charge in [-0.25, -0.2) is 0 Å². The van der Waals surface area contributed by atoms with Crippen LogP contribution in [0.2, 0.25) is 0 Å². The van der Waals surface area contributed by atoms with Crippen molar-refractivity contribution in [1.29, 1.82) is 0 Å². The van der Waals surface area contributed by atoms with Gasteiger partial charge in [0.2, 0.25) is 0 Å². The van der Waals surface area contributed by atoms with Gasteiger partial charge in [0.15, 0.2) is 0 Å². The molecular weight excluding hydrogens is 152 g/mol. The van der Waals surface area contributed by atoms with E-state index in [1.807, 2.05) is 21.0 Å². The Morgan fingerprint density at radius 1 is 1.42 bits per heavy atom.